The van der Waals surface area contributed by atoms with Gasteiger partial charge in [-0.05, 0) is 20.8 Å². The molecule has 0 radical (unpaired) electrons. The zero-order chi connectivity index (χ0) is 10.2. The molecule has 0 aliphatic carbocycles. The Hall–Kier alpha value is -0.160. The van der Waals surface area contributed by atoms with Gasteiger partial charge in [0.2, 0.25) is 0 Å². The van der Waals surface area contributed by atoms with Gasteiger partial charge < -0.3 is 19.7 Å². The van der Waals surface area contributed by atoms with Gasteiger partial charge in [0.05, 0.1) is 11.7 Å². The molecule has 0 saturated carbocycles. The molecule has 0 amide bonds. The van der Waals surface area contributed by atoms with Crippen LogP contribution in [-0.4, -0.2) is 47.3 Å². The van der Waals surface area contributed by atoms with Crippen LogP contribution in [0.1, 0.15) is 20.8 Å². The van der Waals surface area contributed by atoms with Crippen LogP contribution in [0.3, 0.4) is 0 Å². The summed E-state index contributed by atoms with van der Waals surface area (Å²) >= 11 is 0. The first-order chi connectivity index (χ1) is 5.90. The van der Waals surface area contributed by atoms with Crippen LogP contribution in [0.2, 0.25) is 0 Å². The van der Waals surface area contributed by atoms with Gasteiger partial charge in [0.1, 0.15) is 18.3 Å². The standard InChI is InChI=1S/C9H18O4/c1-5-6(10)7(11)8(12-4)9(2,3)13-5/h5-8,10-11H,1-4H3/t5-,6?,7?,8?/m0/s1. The largest absolute Gasteiger partial charge is 0.388 e. The molecule has 4 nitrogen and oxygen atoms in total. The van der Waals surface area contributed by atoms with Gasteiger partial charge in [0.25, 0.3) is 0 Å². The van der Waals surface area contributed by atoms with Crippen LogP contribution in [0, 0.1) is 0 Å². The van der Waals surface area contributed by atoms with E-state index in [1.54, 1.807) is 6.92 Å². The molecule has 1 fully saturated rings. The summed E-state index contributed by atoms with van der Waals surface area (Å²) in [5.74, 6) is 0. The summed E-state index contributed by atoms with van der Waals surface area (Å²) in [5.41, 5.74) is -0.563. The van der Waals surface area contributed by atoms with E-state index in [1.807, 2.05) is 13.8 Å². The topological polar surface area (TPSA) is 58.9 Å². The molecule has 0 bridgehead atoms. The van der Waals surface area contributed by atoms with Crippen molar-refractivity contribution in [3.63, 3.8) is 0 Å². The SMILES string of the molecule is COC1C(O)C(O)[C@H](C)OC1(C)C. The molecular weight excluding hydrogens is 172 g/mol. The van der Waals surface area contributed by atoms with Crippen molar-refractivity contribution < 1.29 is 19.7 Å². The molecule has 1 heterocycles. The zero-order valence-electron chi connectivity index (χ0n) is 8.52. The number of methoxy groups -OCH3 is 1. The van der Waals surface area contributed by atoms with Crippen LogP contribution < -0.4 is 0 Å². The highest BCUT2D eigenvalue weighted by atomic mass is 16.6. The number of hydrogen-bond acceptors (Lipinski definition) is 4. The fourth-order valence-corrected chi connectivity index (χ4v) is 1.91. The highest BCUT2D eigenvalue weighted by Gasteiger charge is 2.47. The Morgan fingerprint density at radius 2 is 1.77 bits per heavy atom. The first-order valence-electron chi connectivity index (χ1n) is 4.47. The summed E-state index contributed by atoms with van der Waals surface area (Å²) < 4.78 is 10.6. The van der Waals surface area contributed by atoms with Crippen LogP contribution in [0.5, 0.6) is 0 Å². The molecule has 1 rings (SSSR count). The summed E-state index contributed by atoms with van der Waals surface area (Å²) in [5, 5.41) is 19.2. The van der Waals surface area contributed by atoms with Gasteiger partial charge in [-0.2, -0.15) is 0 Å². The second kappa shape index (κ2) is 3.53. The lowest BCUT2D eigenvalue weighted by Crippen LogP contribution is -2.61. The van der Waals surface area contributed by atoms with Gasteiger partial charge in [-0.3, -0.25) is 0 Å². The molecule has 4 atom stereocenters. The molecule has 78 valence electrons. The van der Waals surface area contributed by atoms with E-state index in [-0.39, 0.29) is 6.10 Å². The normalized spacial score (nSPS) is 44.8. The molecule has 0 spiro atoms. The van der Waals surface area contributed by atoms with Gasteiger partial charge in [-0.15, -0.1) is 0 Å². The second-order valence-corrected chi connectivity index (χ2v) is 4.06. The van der Waals surface area contributed by atoms with Gasteiger partial charge in [-0.1, -0.05) is 0 Å². The first-order valence-corrected chi connectivity index (χ1v) is 4.47. The molecule has 13 heavy (non-hydrogen) atoms. The van der Waals surface area contributed by atoms with Crippen LogP contribution in [0.25, 0.3) is 0 Å². The fraction of sp³-hybridized carbons (Fsp3) is 1.00. The minimum absolute atomic E-state index is 0.364. The molecule has 3 unspecified atom stereocenters. The Balaban J connectivity index is 2.82. The van der Waals surface area contributed by atoms with Gasteiger partial charge >= 0.3 is 0 Å². The van der Waals surface area contributed by atoms with Crippen LogP contribution in [0.15, 0.2) is 0 Å². The highest BCUT2D eigenvalue weighted by Crippen LogP contribution is 2.30. The molecule has 4 heteroatoms. The zero-order valence-corrected chi connectivity index (χ0v) is 8.52. The van der Waals surface area contributed by atoms with E-state index in [2.05, 4.69) is 0 Å². The van der Waals surface area contributed by atoms with E-state index in [9.17, 15) is 10.2 Å². The number of aliphatic hydroxyl groups excluding tert-OH is 2. The van der Waals surface area contributed by atoms with Crippen molar-refractivity contribution in [3.8, 4) is 0 Å². The molecular formula is C9H18O4. The van der Waals surface area contributed by atoms with Crippen LogP contribution >= 0.6 is 0 Å². The van der Waals surface area contributed by atoms with E-state index in [0.29, 0.717) is 0 Å². The Morgan fingerprint density at radius 3 is 2.23 bits per heavy atom. The van der Waals surface area contributed by atoms with Crippen molar-refractivity contribution in [2.24, 2.45) is 0 Å². The minimum atomic E-state index is -0.885. The summed E-state index contributed by atoms with van der Waals surface area (Å²) in [6.07, 6.45) is -2.61. The molecule has 1 aliphatic rings. The number of ether oxygens (including phenoxy) is 2. The Labute approximate surface area is 78.5 Å². The lowest BCUT2D eigenvalue weighted by molar-refractivity contribution is -0.258. The summed E-state index contributed by atoms with van der Waals surface area (Å²) in [6.45, 7) is 5.42. The molecule has 1 aliphatic heterocycles. The highest BCUT2D eigenvalue weighted by molar-refractivity contribution is 4.96. The predicted molar refractivity (Wildman–Crippen MR) is 47.4 cm³/mol. The minimum Gasteiger partial charge on any atom is -0.388 e. The van der Waals surface area contributed by atoms with Gasteiger partial charge in [0, 0.05) is 7.11 Å². The molecule has 1 saturated heterocycles. The van der Waals surface area contributed by atoms with Gasteiger partial charge in [-0.25, -0.2) is 0 Å². The van der Waals surface area contributed by atoms with E-state index in [0.717, 1.165) is 0 Å². The maximum Gasteiger partial charge on any atom is 0.114 e. The number of rotatable bonds is 1. The summed E-state index contributed by atoms with van der Waals surface area (Å²) in [4.78, 5) is 0. The maximum atomic E-state index is 9.69. The lowest BCUT2D eigenvalue weighted by Gasteiger charge is -2.46. The third-order valence-corrected chi connectivity index (χ3v) is 2.57. The van der Waals surface area contributed by atoms with E-state index in [1.165, 1.54) is 7.11 Å². The van der Waals surface area contributed by atoms with E-state index in [4.69, 9.17) is 9.47 Å². The van der Waals surface area contributed by atoms with Crippen LogP contribution in [0.4, 0.5) is 0 Å². The van der Waals surface area contributed by atoms with Crippen molar-refractivity contribution in [1.82, 2.24) is 0 Å². The van der Waals surface area contributed by atoms with Gasteiger partial charge in [0.15, 0.2) is 0 Å². The maximum absolute atomic E-state index is 9.69. The average Bonchev–Trinajstić information content (AvgIpc) is 2.00. The number of hydrogen-bond donors (Lipinski definition) is 2. The quantitative estimate of drug-likeness (QED) is 0.607. The van der Waals surface area contributed by atoms with Crippen molar-refractivity contribution in [2.45, 2.75) is 50.8 Å². The van der Waals surface area contributed by atoms with Crippen molar-refractivity contribution in [2.75, 3.05) is 7.11 Å². The summed E-state index contributed by atoms with van der Waals surface area (Å²) in [6, 6.07) is 0. The number of aliphatic hydroxyl groups is 2. The first kappa shape index (κ1) is 10.9. The fourth-order valence-electron chi connectivity index (χ4n) is 1.91. The Bertz CT molecular complexity index is 180. The van der Waals surface area contributed by atoms with Crippen molar-refractivity contribution >= 4 is 0 Å². The monoisotopic (exact) mass is 190 g/mol. The summed E-state index contributed by atoms with van der Waals surface area (Å²) in [7, 11) is 1.50. The Morgan fingerprint density at radius 1 is 1.23 bits per heavy atom. The predicted octanol–water partition coefficient (Wildman–Crippen LogP) is -0.0795. The Kier molecular flexibility index (Phi) is 2.97. The van der Waals surface area contributed by atoms with Crippen LogP contribution in [-0.2, 0) is 9.47 Å². The van der Waals surface area contributed by atoms with Crippen molar-refractivity contribution in [1.29, 1.82) is 0 Å². The molecule has 0 aromatic carbocycles. The third-order valence-electron chi connectivity index (χ3n) is 2.57. The van der Waals surface area contributed by atoms with Crippen molar-refractivity contribution in [3.05, 3.63) is 0 Å². The molecule has 2 N–H and O–H groups in total. The van der Waals surface area contributed by atoms with E-state index >= 15 is 0 Å². The smallest absolute Gasteiger partial charge is 0.114 e. The average molecular weight is 190 g/mol. The van der Waals surface area contributed by atoms with E-state index < -0.39 is 23.9 Å². The second-order valence-electron chi connectivity index (χ2n) is 4.06. The molecule has 0 aromatic heterocycles. The third kappa shape index (κ3) is 1.86. The lowest BCUT2D eigenvalue weighted by atomic mass is 9.88. The molecule has 0 aromatic rings.